The monoisotopic (exact) mass is 440 g/mol. The van der Waals surface area contributed by atoms with E-state index < -0.39 is 0 Å². The number of hydrogen-bond donors (Lipinski definition) is 1. The molecule has 1 N–H and O–H groups in total. The Balaban J connectivity index is 1.31. The first-order valence-electron chi connectivity index (χ1n) is 13.6. The number of ketones is 2. The Kier molecular flexibility index (Phi) is 5.75. The number of carbonyl (C=O) groups is 2. The van der Waals surface area contributed by atoms with Crippen molar-refractivity contribution in [3.05, 3.63) is 11.6 Å². The van der Waals surface area contributed by atoms with E-state index in [0.717, 1.165) is 50.9 Å². The molecule has 5 rings (SSSR count). The summed E-state index contributed by atoms with van der Waals surface area (Å²) in [5, 5.41) is 10.2. The topological polar surface area (TPSA) is 54.4 Å². The van der Waals surface area contributed by atoms with Crippen molar-refractivity contribution in [2.45, 2.75) is 104 Å². The zero-order chi connectivity index (χ0) is 22.8. The molecule has 0 saturated heterocycles. The average Bonchev–Trinajstić information content (AvgIpc) is 3.28. The Bertz CT molecular complexity index is 813. The number of Topliss-reactive ketones (excluding diaryl/α,β-unsaturated/α-hetero) is 2. The Morgan fingerprint density at radius 1 is 1.03 bits per heavy atom. The summed E-state index contributed by atoms with van der Waals surface area (Å²) >= 11 is 0. The first-order chi connectivity index (χ1) is 15.1. The smallest absolute Gasteiger partial charge is 0.136 e. The third kappa shape index (κ3) is 3.39. The number of aliphatic hydroxyl groups excluding tert-OH is 1. The van der Waals surface area contributed by atoms with Crippen molar-refractivity contribution in [2.75, 3.05) is 0 Å². The molecular formula is C29H44O3. The molecule has 32 heavy (non-hydrogen) atoms. The van der Waals surface area contributed by atoms with Gasteiger partial charge in [0.05, 0.1) is 6.10 Å². The minimum Gasteiger partial charge on any atom is -0.393 e. The molecule has 4 unspecified atom stereocenters. The molecule has 0 aromatic rings. The number of allylic oxidation sites excluding steroid dienone is 1. The summed E-state index contributed by atoms with van der Waals surface area (Å²) in [6, 6.07) is 0. The van der Waals surface area contributed by atoms with Crippen molar-refractivity contribution < 1.29 is 14.7 Å². The van der Waals surface area contributed by atoms with Crippen LogP contribution in [-0.4, -0.2) is 22.8 Å². The molecule has 0 aliphatic heterocycles. The standard InChI is InChI=1S/C29H44O3/c1-17-19(5-7-22(17)18(2)30)15-27(32)26-10-9-24-23-8-6-20-16-21(31)11-13-28(20,3)25(23)12-14-29(24,26)4/h6,17,19,21-26,31H,5,7-16H2,1-4H3/t17-,19?,21+,22+,23?,24?,25?,26-,28+,29+/m1/s1. The van der Waals surface area contributed by atoms with Crippen LogP contribution in [0.1, 0.15) is 98.3 Å². The number of carbonyl (C=O) groups excluding carboxylic acids is 2. The summed E-state index contributed by atoms with van der Waals surface area (Å²) in [4.78, 5) is 25.6. The summed E-state index contributed by atoms with van der Waals surface area (Å²) in [5.74, 6) is 4.10. The lowest BCUT2D eigenvalue weighted by molar-refractivity contribution is -0.131. The molecule has 0 amide bonds. The first-order valence-corrected chi connectivity index (χ1v) is 13.6. The van der Waals surface area contributed by atoms with Crippen LogP contribution in [0.25, 0.3) is 0 Å². The number of hydrogen-bond acceptors (Lipinski definition) is 3. The summed E-state index contributed by atoms with van der Waals surface area (Å²) < 4.78 is 0. The quantitative estimate of drug-likeness (QED) is 0.535. The van der Waals surface area contributed by atoms with E-state index in [1.165, 1.54) is 24.8 Å². The summed E-state index contributed by atoms with van der Waals surface area (Å²) in [6.07, 6.45) is 13.9. The number of fused-ring (bicyclic) bond motifs is 5. The van der Waals surface area contributed by atoms with Crippen molar-refractivity contribution >= 4 is 11.6 Å². The molecule has 0 bridgehead atoms. The van der Waals surface area contributed by atoms with Gasteiger partial charge in [0, 0.05) is 18.3 Å². The van der Waals surface area contributed by atoms with Gasteiger partial charge in [0.2, 0.25) is 0 Å². The second-order valence-electron chi connectivity index (χ2n) is 12.9. The van der Waals surface area contributed by atoms with Crippen LogP contribution in [0.2, 0.25) is 0 Å². The second-order valence-corrected chi connectivity index (χ2v) is 12.9. The summed E-state index contributed by atoms with van der Waals surface area (Å²) in [5.41, 5.74) is 1.96. The van der Waals surface area contributed by atoms with E-state index in [0.29, 0.717) is 41.7 Å². The lowest BCUT2D eigenvalue weighted by atomic mass is 9.47. The fourth-order valence-electron chi connectivity index (χ4n) is 9.68. The van der Waals surface area contributed by atoms with E-state index in [4.69, 9.17) is 0 Å². The fourth-order valence-corrected chi connectivity index (χ4v) is 9.68. The lowest BCUT2D eigenvalue weighted by Gasteiger charge is -2.58. The molecule has 3 heteroatoms. The number of aliphatic hydroxyl groups is 1. The van der Waals surface area contributed by atoms with Crippen LogP contribution in [0.15, 0.2) is 11.6 Å². The minimum atomic E-state index is -0.145. The third-order valence-electron chi connectivity index (χ3n) is 11.7. The molecule has 0 aromatic carbocycles. The molecule has 4 fully saturated rings. The van der Waals surface area contributed by atoms with Crippen LogP contribution in [0.3, 0.4) is 0 Å². The van der Waals surface area contributed by atoms with E-state index in [9.17, 15) is 14.7 Å². The molecule has 3 nitrogen and oxygen atoms in total. The Labute approximate surface area is 194 Å². The highest BCUT2D eigenvalue weighted by Gasteiger charge is 2.59. The molecule has 178 valence electrons. The molecule has 10 atom stereocenters. The van der Waals surface area contributed by atoms with Gasteiger partial charge in [0.1, 0.15) is 11.6 Å². The molecule has 0 radical (unpaired) electrons. The van der Waals surface area contributed by atoms with Gasteiger partial charge in [0.15, 0.2) is 0 Å². The fraction of sp³-hybridized carbons (Fsp3) is 0.862. The SMILES string of the molecule is CC(=O)[C@H]1CCC(CC(=O)[C@H]2CCC3C4CC=C5C[C@@H](O)CC[C@]5(C)C4CC[C@@]32C)[C@H]1C. The van der Waals surface area contributed by atoms with Gasteiger partial charge in [-0.1, -0.05) is 32.4 Å². The Morgan fingerprint density at radius 3 is 2.53 bits per heavy atom. The van der Waals surface area contributed by atoms with Gasteiger partial charge in [-0.05, 0) is 112 Å². The van der Waals surface area contributed by atoms with Gasteiger partial charge >= 0.3 is 0 Å². The third-order valence-corrected chi connectivity index (χ3v) is 11.7. The molecule has 5 aliphatic rings. The zero-order valence-electron chi connectivity index (χ0n) is 20.7. The molecule has 5 aliphatic carbocycles. The van der Waals surface area contributed by atoms with E-state index in [-0.39, 0.29) is 28.8 Å². The van der Waals surface area contributed by atoms with Crippen molar-refractivity contribution in [1.82, 2.24) is 0 Å². The second kappa shape index (κ2) is 8.07. The van der Waals surface area contributed by atoms with Crippen molar-refractivity contribution in [2.24, 2.45) is 52.3 Å². The van der Waals surface area contributed by atoms with Gasteiger partial charge in [-0.15, -0.1) is 0 Å². The average molecular weight is 441 g/mol. The predicted molar refractivity (Wildman–Crippen MR) is 127 cm³/mol. The van der Waals surface area contributed by atoms with E-state index >= 15 is 0 Å². The maximum Gasteiger partial charge on any atom is 0.136 e. The van der Waals surface area contributed by atoms with Gasteiger partial charge in [0.25, 0.3) is 0 Å². The van der Waals surface area contributed by atoms with Gasteiger partial charge in [-0.2, -0.15) is 0 Å². The highest BCUT2D eigenvalue weighted by atomic mass is 16.3. The largest absolute Gasteiger partial charge is 0.393 e. The molecule has 0 spiro atoms. The minimum absolute atomic E-state index is 0.145. The van der Waals surface area contributed by atoms with Crippen molar-refractivity contribution in [1.29, 1.82) is 0 Å². The van der Waals surface area contributed by atoms with Crippen LogP contribution in [-0.2, 0) is 9.59 Å². The van der Waals surface area contributed by atoms with E-state index in [1.807, 2.05) is 0 Å². The highest BCUT2D eigenvalue weighted by molar-refractivity contribution is 5.83. The Morgan fingerprint density at radius 2 is 1.81 bits per heavy atom. The maximum absolute atomic E-state index is 13.6. The van der Waals surface area contributed by atoms with Gasteiger partial charge < -0.3 is 5.11 Å². The normalized spacial score (nSPS) is 50.2. The summed E-state index contributed by atoms with van der Waals surface area (Å²) in [7, 11) is 0. The highest BCUT2D eigenvalue weighted by Crippen LogP contribution is 2.66. The lowest BCUT2D eigenvalue weighted by Crippen LogP contribution is -2.51. The predicted octanol–water partition coefficient (Wildman–Crippen LogP) is 6.14. The molecule has 0 heterocycles. The van der Waals surface area contributed by atoms with Gasteiger partial charge in [-0.25, -0.2) is 0 Å². The van der Waals surface area contributed by atoms with E-state index in [1.54, 1.807) is 6.92 Å². The van der Waals surface area contributed by atoms with Crippen LogP contribution in [0, 0.1) is 52.3 Å². The Hall–Kier alpha value is -0.960. The van der Waals surface area contributed by atoms with Crippen molar-refractivity contribution in [3.8, 4) is 0 Å². The first kappa shape index (κ1) is 22.8. The van der Waals surface area contributed by atoms with Crippen molar-refractivity contribution in [3.63, 3.8) is 0 Å². The van der Waals surface area contributed by atoms with Crippen LogP contribution in [0.4, 0.5) is 0 Å². The molecule has 4 saturated carbocycles. The summed E-state index contributed by atoms with van der Waals surface area (Å²) in [6.45, 7) is 8.86. The van der Waals surface area contributed by atoms with Gasteiger partial charge in [-0.3, -0.25) is 9.59 Å². The molecular weight excluding hydrogens is 396 g/mol. The van der Waals surface area contributed by atoms with Crippen LogP contribution < -0.4 is 0 Å². The van der Waals surface area contributed by atoms with E-state index in [2.05, 4.69) is 26.8 Å². The number of rotatable bonds is 4. The zero-order valence-corrected chi connectivity index (χ0v) is 20.7. The van der Waals surface area contributed by atoms with Crippen LogP contribution in [0.5, 0.6) is 0 Å². The molecule has 0 aromatic heterocycles. The van der Waals surface area contributed by atoms with Crippen LogP contribution >= 0.6 is 0 Å². The maximum atomic E-state index is 13.6.